The van der Waals surface area contributed by atoms with Crippen LogP contribution in [-0.4, -0.2) is 54.6 Å². The Labute approximate surface area is 140 Å². The smallest absolute Gasteiger partial charge is 0.315 e. The molecule has 1 aromatic carbocycles. The van der Waals surface area contributed by atoms with Crippen LogP contribution in [0.5, 0.6) is 11.5 Å². The van der Waals surface area contributed by atoms with Gasteiger partial charge in [-0.1, -0.05) is 6.07 Å². The van der Waals surface area contributed by atoms with Crippen LogP contribution in [0.4, 0.5) is 4.79 Å². The van der Waals surface area contributed by atoms with Crippen molar-refractivity contribution in [2.24, 2.45) is 0 Å². The number of benzene rings is 1. The van der Waals surface area contributed by atoms with Gasteiger partial charge in [0.25, 0.3) is 0 Å². The maximum Gasteiger partial charge on any atom is 0.315 e. The van der Waals surface area contributed by atoms with Crippen molar-refractivity contribution in [1.29, 1.82) is 0 Å². The zero-order valence-electron chi connectivity index (χ0n) is 14.1. The topological polar surface area (TPSA) is 117 Å². The maximum absolute atomic E-state index is 12.0. The first-order valence-electron chi connectivity index (χ1n) is 7.45. The van der Waals surface area contributed by atoms with Gasteiger partial charge >= 0.3 is 12.0 Å². The summed E-state index contributed by atoms with van der Waals surface area (Å²) in [5, 5.41) is 24.1. The summed E-state index contributed by atoms with van der Waals surface area (Å²) in [5.41, 5.74) is -0.0773. The molecule has 0 radical (unpaired) electrons. The predicted molar refractivity (Wildman–Crippen MR) is 86.9 cm³/mol. The first-order chi connectivity index (χ1) is 11.3. The standard InChI is InChI=1S/C16H24N2O6/c1-11(19)24-10-16(2,9-23-3)18-15(22)17-7-6-12-4-5-13(20)14(21)8-12/h4-5,8,20-21H,6-7,9-10H2,1-3H3,(H2,17,18,22). The SMILES string of the molecule is COCC(C)(COC(C)=O)NC(=O)NCCc1ccc(O)c(O)c1. The van der Waals surface area contributed by atoms with Crippen LogP contribution in [-0.2, 0) is 20.7 Å². The van der Waals surface area contributed by atoms with Crippen LogP contribution in [0.15, 0.2) is 18.2 Å². The van der Waals surface area contributed by atoms with Crippen LogP contribution >= 0.6 is 0 Å². The molecule has 1 rings (SSSR count). The molecular weight excluding hydrogens is 316 g/mol. The minimum absolute atomic E-state index is 0.00454. The Bertz CT molecular complexity index is 578. The summed E-state index contributed by atoms with van der Waals surface area (Å²) in [6, 6.07) is 4.05. The lowest BCUT2D eigenvalue weighted by molar-refractivity contribution is -0.143. The van der Waals surface area contributed by atoms with Crippen LogP contribution < -0.4 is 10.6 Å². The lowest BCUT2D eigenvalue weighted by Crippen LogP contribution is -2.56. The molecule has 24 heavy (non-hydrogen) atoms. The zero-order chi connectivity index (χ0) is 18.2. The molecule has 8 heteroatoms. The highest BCUT2D eigenvalue weighted by Gasteiger charge is 2.28. The average molecular weight is 340 g/mol. The Hall–Kier alpha value is -2.48. The maximum atomic E-state index is 12.0. The molecule has 0 aliphatic carbocycles. The van der Waals surface area contributed by atoms with Gasteiger partial charge in [0.1, 0.15) is 6.61 Å². The molecule has 0 aliphatic rings. The highest BCUT2D eigenvalue weighted by atomic mass is 16.5. The van der Waals surface area contributed by atoms with Crippen molar-refractivity contribution in [2.45, 2.75) is 25.8 Å². The molecule has 4 N–H and O–H groups in total. The number of rotatable bonds is 8. The minimum Gasteiger partial charge on any atom is -0.504 e. The fourth-order valence-corrected chi connectivity index (χ4v) is 2.06. The number of carbonyl (C=O) groups excluding carboxylic acids is 2. The molecule has 1 atom stereocenters. The van der Waals surface area contributed by atoms with Gasteiger partial charge in [-0.25, -0.2) is 4.79 Å². The third kappa shape index (κ3) is 6.74. The third-order valence-corrected chi connectivity index (χ3v) is 3.21. The van der Waals surface area contributed by atoms with E-state index in [1.54, 1.807) is 13.0 Å². The van der Waals surface area contributed by atoms with Crippen molar-refractivity contribution in [3.05, 3.63) is 23.8 Å². The van der Waals surface area contributed by atoms with Gasteiger partial charge in [0.05, 0.1) is 12.1 Å². The number of nitrogens with one attached hydrogen (secondary N) is 2. The van der Waals surface area contributed by atoms with E-state index in [0.717, 1.165) is 5.56 Å². The van der Waals surface area contributed by atoms with Gasteiger partial charge in [-0.05, 0) is 31.0 Å². The van der Waals surface area contributed by atoms with Gasteiger partial charge in [0, 0.05) is 20.6 Å². The molecule has 0 fully saturated rings. The number of hydrogen-bond acceptors (Lipinski definition) is 6. The molecule has 1 aromatic rings. The molecule has 134 valence electrons. The van der Waals surface area contributed by atoms with E-state index in [-0.39, 0.29) is 24.7 Å². The first kappa shape index (κ1) is 19.6. The number of ether oxygens (including phenoxy) is 2. The van der Waals surface area contributed by atoms with Crippen LogP contribution in [0.3, 0.4) is 0 Å². The number of methoxy groups -OCH3 is 1. The molecule has 0 saturated heterocycles. The number of phenolic OH excluding ortho intramolecular Hbond substituents is 2. The minimum atomic E-state index is -0.846. The van der Waals surface area contributed by atoms with Crippen molar-refractivity contribution >= 4 is 12.0 Å². The number of phenols is 2. The largest absolute Gasteiger partial charge is 0.504 e. The van der Waals surface area contributed by atoms with E-state index in [1.165, 1.54) is 26.2 Å². The molecule has 8 nitrogen and oxygen atoms in total. The average Bonchev–Trinajstić information content (AvgIpc) is 2.49. The van der Waals surface area contributed by atoms with Gasteiger partial charge in [-0.15, -0.1) is 0 Å². The Morgan fingerprint density at radius 2 is 1.92 bits per heavy atom. The molecule has 2 amide bonds. The predicted octanol–water partition coefficient (Wildman–Crippen LogP) is 0.908. The van der Waals surface area contributed by atoms with E-state index in [0.29, 0.717) is 13.0 Å². The molecule has 0 bridgehead atoms. The van der Waals surface area contributed by atoms with Crippen LogP contribution in [0, 0.1) is 0 Å². The van der Waals surface area contributed by atoms with Crippen LogP contribution in [0.2, 0.25) is 0 Å². The zero-order valence-corrected chi connectivity index (χ0v) is 14.1. The molecule has 0 heterocycles. The molecule has 0 spiro atoms. The van der Waals surface area contributed by atoms with E-state index in [2.05, 4.69) is 10.6 Å². The van der Waals surface area contributed by atoms with Gasteiger partial charge in [0.2, 0.25) is 0 Å². The van der Waals surface area contributed by atoms with E-state index in [1.807, 2.05) is 0 Å². The third-order valence-electron chi connectivity index (χ3n) is 3.21. The van der Waals surface area contributed by atoms with E-state index >= 15 is 0 Å². The summed E-state index contributed by atoms with van der Waals surface area (Å²) in [5.74, 6) is -0.831. The second-order valence-electron chi connectivity index (χ2n) is 5.73. The quantitative estimate of drug-likeness (QED) is 0.413. The van der Waals surface area contributed by atoms with Gasteiger partial charge in [-0.3, -0.25) is 4.79 Å². The Morgan fingerprint density at radius 3 is 2.50 bits per heavy atom. The molecular formula is C16H24N2O6. The summed E-state index contributed by atoms with van der Waals surface area (Å²) in [4.78, 5) is 22.9. The van der Waals surface area contributed by atoms with Crippen molar-refractivity contribution < 1.29 is 29.3 Å². The second kappa shape index (κ2) is 8.97. The highest BCUT2D eigenvalue weighted by Crippen LogP contribution is 2.24. The van der Waals surface area contributed by atoms with E-state index in [9.17, 15) is 19.8 Å². The Balaban J connectivity index is 2.47. The normalized spacial score (nSPS) is 13.0. The number of amides is 2. The summed E-state index contributed by atoms with van der Waals surface area (Å²) in [7, 11) is 1.49. The summed E-state index contributed by atoms with van der Waals surface area (Å²) in [6.45, 7) is 3.50. The van der Waals surface area contributed by atoms with E-state index in [4.69, 9.17) is 9.47 Å². The van der Waals surface area contributed by atoms with E-state index < -0.39 is 17.5 Å². The number of hydrogen-bond donors (Lipinski definition) is 4. The van der Waals surface area contributed by atoms with Gasteiger partial charge in [0.15, 0.2) is 11.5 Å². The fraction of sp³-hybridized carbons (Fsp3) is 0.500. The lowest BCUT2D eigenvalue weighted by Gasteiger charge is -2.29. The summed E-state index contributed by atoms with van der Waals surface area (Å²) < 4.78 is 10.00. The number of aromatic hydroxyl groups is 2. The molecule has 1 unspecified atom stereocenters. The van der Waals surface area contributed by atoms with Gasteiger partial charge in [-0.2, -0.15) is 0 Å². The number of esters is 1. The first-order valence-corrected chi connectivity index (χ1v) is 7.45. The number of urea groups is 1. The lowest BCUT2D eigenvalue weighted by atomic mass is 10.1. The van der Waals surface area contributed by atoms with Crippen molar-refractivity contribution in [3.8, 4) is 11.5 Å². The Kier molecular flexibility index (Phi) is 7.31. The van der Waals surface area contributed by atoms with Crippen molar-refractivity contribution in [1.82, 2.24) is 10.6 Å². The second-order valence-corrected chi connectivity index (χ2v) is 5.73. The summed E-state index contributed by atoms with van der Waals surface area (Å²) in [6.07, 6.45) is 0.478. The fourth-order valence-electron chi connectivity index (χ4n) is 2.06. The monoisotopic (exact) mass is 340 g/mol. The molecule has 0 saturated carbocycles. The van der Waals surface area contributed by atoms with Crippen molar-refractivity contribution in [3.63, 3.8) is 0 Å². The Morgan fingerprint density at radius 1 is 1.21 bits per heavy atom. The summed E-state index contributed by atoms with van der Waals surface area (Å²) >= 11 is 0. The highest BCUT2D eigenvalue weighted by molar-refractivity contribution is 5.75. The number of carbonyl (C=O) groups is 2. The van der Waals surface area contributed by atoms with Crippen LogP contribution in [0.1, 0.15) is 19.4 Å². The van der Waals surface area contributed by atoms with Crippen molar-refractivity contribution in [2.75, 3.05) is 26.9 Å². The molecule has 0 aromatic heterocycles. The van der Waals surface area contributed by atoms with Crippen LogP contribution in [0.25, 0.3) is 0 Å². The van der Waals surface area contributed by atoms with Gasteiger partial charge < -0.3 is 30.3 Å². The molecule has 0 aliphatic heterocycles.